The molecule has 0 bridgehead atoms. The fourth-order valence-electron chi connectivity index (χ4n) is 0.913. The molecule has 0 unspecified atom stereocenters. The van der Waals surface area contributed by atoms with Gasteiger partial charge in [0.15, 0.2) is 0 Å². The van der Waals surface area contributed by atoms with Crippen LogP contribution in [0, 0.1) is 0 Å². The number of anilines is 1. The summed E-state index contributed by atoms with van der Waals surface area (Å²) in [5, 5.41) is 7.44. The minimum absolute atomic E-state index is 0.989. The van der Waals surface area contributed by atoms with Crippen LogP contribution in [0.4, 0.5) is 5.69 Å². The third-order valence-electron chi connectivity index (χ3n) is 1.44. The van der Waals surface area contributed by atoms with Crippen molar-refractivity contribution in [3.8, 4) is 0 Å². The summed E-state index contributed by atoms with van der Waals surface area (Å²) in [5.74, 6) is 0. The van der Waals surface area contributed by atoms with Crippen LogP contribution >= 0.6 is 0 Å². The lowest BCUT2D eigenvalue weighted by Gasteiger charge is -2.02. The van der Waals surface area contributed by atoms with Crippen molar-refractivity contribution in [2.75, 3.05) is 5.43 Å². The normalized spacial score (nSPS) is 9.67. The van der Waals surface area contributed by atoms with Crippen LogP contribution in [0.1, 0.15) is 0 Å². The molecule has 0 saturated heterocycles. The second kappa shape index (κ2) is 3.04. The first-order valence-corrected chi connectivity index (χ1v) is 3.63. The molecule has 60 valence electrons. The number of nitrogens with zero attached hydrogens (tertiary/aromatic N) is 3. The van der Waals surface area contributed by atoms with Gasteiger partial charge in [0.25, 0.3) is 0 Å². The zero-order valence-electron chi connectivity index (χ0n) is 6.38. The van der Waals surface area contributed by atoms with Gasteiger partial charge in [0.05, 0.1) is 18.1 Å². The Kier molecular flexibility index (Phi) is 1.74. The molecule has 1 aromatic carbocycles. The number of rotatable bonds is 2. The van der Waals surface area contributed by atoms with E-state index in [-0.39, 0.29) is 0 Å². The summed E-state index contributed by atoms with van der Waals surface area (Å²) in [4.78, 5) is 1.55. The molecule has 4 heteroatoms. The monoisotopic (exact) mass is 160 g/mol. The maximum atomic E-state index is 3.77. The van der Waals surface area contributed by atoms with Gasteiger partial charge in [0.1, 0.15) is 0 Å². The second-order valence-electron chi connectivity index (χ2n) is 2.33. The van der Waals surface area contributed by atoms with Crippen molar-refractivity contribution in [3.63, 3.8) is 0 Å². The van der Waals surface area contributed by atoms with Gasteiger partial charge in [-0.3, -0.25) is 5.43 Å². The molecular weight excluding hydrogens is 152 g/mol. The first-order valence-electron chi connectivity index (χ1n) is 3.63. The van der Waals surface area contributed by atoms with Crippen molar-refractivity contribution in [2.45, 2.75) is 0 Å². The number of hydrogen-bond donors (Lipinski definition) is 1. The van der Waals surface area contributed by atoms with Crippen molar-refractivity contribution in [2.24, 2.45) is 0 Å². The molecule has 4 nitrogen and oxygen atoms in total. The van der Waals surface area contributed by atoms with Gasteiger partial charge in [-0.25, -0.2) is 0 Å². The molecule has 0 saturated carbocycles. The minimum atomic E-state index is 0.989. The Labute approximate surface area is 69.8 Å². The summed E-state index contributed by atoms with van der Waals surface area (Å²) >= 11 is 0. The van der Waals surface area contributed by atoms with Gasteiger partial charge in [-0.2, -0.15) is 4.79 Å². The smallest absolute Gasteiger partial charge is 0.0715 e. The molecule has 0 amide bonds. The Balaban J connectivity index is 2.15. The molecule has 0 spiro atoms. The molecule has 1 N–H and O–H groups in total. The largest absolute Gasteiger partial charge is 0.277 e. The topological polar surface area (TPSA) is 42.7 Å². The number of nitrogens with one attached hydrogen (secondary N) is 1. The summed E-state index contributed by atoms with van der Waals surface area (Å²) in [6.45, 7) is 0. The molecule has 12 heavy (non-hydrogen) atoms. The first-order chi connectivity index (χ1) is 5.95. The highest BCUT2D eigenvalue weighted by molar-refractivity contribution is 5.41. The third-order valence-corrected chi connectivity index (χ3v) is 1.44. The summed E-state index contributed by atoms with van der Waals surface area (Å²) in [6.07, 6.45) is 3.36. The van der Waals surface area contributed by atoms with Crippen LogP contribution in [0.5, 0.6) is 0 Å². The highest BCUT2D eigenvalue weighted by Crippen LogP contribution is 2.03. The van der Waals surface area contributed by atoms with Crippen LogP contribution in [0.25, 0.3) is 0 Å². The van der Waals surface area contributed by atoms with Gasteiger partial charge in [-0.15, -0.1) is 5.10 Å². The Hall–Kier alpha value is -1.84. The number of aromatic nitrogens is 3. The molecule has 0 radical (unpaired) electrons. The van der Waals surface area contributed by atoms with Gasteiger partial charge >= 0.3 is 0 Å². The zero-order chi connectivity index (χ0) is 8.23. The predicted octanol–water partition coefficient (Wildman–Crippen LogP) is 1.15. The average molecular weight is 160 g/mol. The molecule has 0 fully saturated rings. The summed E-state index contributed by atoms with van der Waals surface area (Å²) in [5.41, 5.74) is 4.02. The maximum absolute atomic E-state index is 3.77. The molecule has 0 atom stereocenters. The van der Waals surface area contributed by atoms with E-state index in [2.05, 4.69) is 15.7 Å². The number of hydrogen-bond acceptors (Lipinski definition) is 3. The van der Waals surface area contributed by atoms with E-state index in [0.29, 0.717) is 0 Å². The van der Waals surface area contributed by atoms with Crippen LogP contribution in [0.15, 0.2) is 42.7 Å². The lowest BCUT2D eigenvalue weighted by atomic mass is 10.3. The van der Waals surface area contributed by atoms with Gasteiger partial charge < -0.3 is 0 Å². The Morgan fingerprint density at radius 1 is 1.17 bits per heavy atom. The Morgan fingerprint density at radius 2 is 2.00 bits per heavy atom. The van der Waals surface area contributed by atoms with Crippen molar-refractivity contribution >= 4 is 5.69 Å². The quantitative estimate of drug-likeness (QED) is 0.716. The SMILES string of the molecule is c1ccc(Nn2ccnn2)cc1. The molecule has 1 heterocycles. The predicted molar refractivity (Wildman–Crippen MR) is 45.5 cm³/mol. The van der Waals surface area contributed by atoms with Crippen molar-refractivity contribution < 1.29 is 0 Å². The second-order valence-corrected chi connectivity index (χ2v) is 2.33. The highest BCUT2D eigenvalue weighted by Gasteiger charge is 1.89. The van der Waals surface area contributed by atoms with E-state index in [0.717, 1.165) is 5.69 Å². The average Bonchev–Trinajstić information content (AvgIpc) is 2.59. The van der Waals surface area contributed by atoms with Crippen LogP contribution in [0.3, 0.4) is 0 Å². The highest BCUT2D eigenvalue weighted by atomic mass is 15.6. The van der Waals surface area contributed by atoms with Gasteiger partial charge in [-0.05, 0) is 17.3 Å². The lowest BCUT2D eigenvalue weighted by Crippen LogP contribution is -2.09. The fraction of sp³-hybridized carbons (Fsp3) is 0. The maximum Gasteiger partial charge on any atom is 0.0715 e. The summed E-state index contributed by atoms with van der Waals surface area (Å²) < 4.78 is 0. The van der Waals surface area contributed by atoms with Crippen molar-refractivity contribution in [3.05, 3.63) is 42.7 Å². The molecule has 1 aromatic heterocycles. The Bertz CT molecular complexity index is 327. The van der Waals surface area contributed by atoms with E-state index >= 15 is 0 Å². The third kappa shape index (κ3) is 1.42. The first kappa shape index (κ1) is 6.84. The zero-order valence-corrected chi connectivity index (χ0v) is 6.38. The summed E-state index contributed by atoms with van der Waals surface area (Å²) in [6, 6.07) is 9.80. The molecule has 2 aromatic rings. The van der Waals surface area contributed by atoms with Crippen LogP contribution in [-0.2, 0) is 0 Å². The van der Waals surface area contributed by atoms with E-state index < -0.39 is 0 Å². The van der Waals surface area contributed by atoms with E-state index in [1.165, 1.54) is 0 Å². The molecule has 2 rings (SSSR count). The summed E-state index contributed by atoms with van der Waals surface area (Å²) in [7, 11) is 0. The van der Waals surface area contributed by atoms with Crippen LogP contribution in [-0.4, -0.2) is 15.1 Å². The van der Waals surface area contributed by atoms with E-state index in [9.17, 15) is 0 Å². The van der Waals surface area contributed by atoms with Gasteiger partial charge in [0.2, 0.25) is 0 Å². The van der Waals surface area contributed by atoms with E-state index in [1.807, 2.05) is 30.3 Å². The molecule has 0 aliphatic carbocycles. The fourth-order valence-corrected chi connectivity index (χ4v) is 0.913. The number of benzene rings is 1. The molecule has 0 aliphatic heterocycles. The lowest BCUT2D eigenvalue weighted by molar-refractivity contribution is 0.744. The molecular formula is C8H8N4. The minimum Gasteiger partial charge on any atom is -0.277 e. The van der Waals surface area contributed by atoms with Crippen molar-refractivity contribution in [1.82, 2.24) is 15.1 Å². The standard InChI is InChI=1S/C8H8N4/c1-2-4-8(5-3-1)10-12-7-6-9-11-12/h1-7,10H. The van der Waals surface area contributed by atoms with Crippen LogP contribution < -0.4 is 5.43 Å². The van der Waals surface area contributed by atoms with Crippen molar-refractivity contribution in [1.29, 1.82) is 0 Å². The van der Waals surface area contributed by atoms with Gasteiger partial charge in [-0.1, -0.05) is 18.2 Å². The van der Waals surface area contributed by atoms with E-state index in [4.69, 9.17) is 0 Å². The molecule has 0 aliphatic rings. The van der Waals surface area contributed by atoms with Gasteiger partial charge in [0, 0.05) is 0 Å². The van der Waals surface area contributed by atoms with E-state index in [1.54, 1.807) is 17.2 Å². The van der Waals surface area contributed by atoms with Crippen LogP contribution in [0.2, 0.25) is 0 Å². The number of para-hydroxylation sites is 1. The Morgan fingerprint density at radius 3 is 2.67 bits per heavy atom.